The monoisotopic (exact) mass is 358 g/mol. The molecular weight excluding hydrogens is 336 g/mol. The first-order valence-electron chi connectivity index (χ1n) is 8.53. The van der Waals surface area contributed by atoms with Gasteiger partial charge in [-0.3, -0.25) is 14.4 Å². The van der Waals surface area contributed by atoms with E-state index in [1.165, 1.54) is 6.26 Å². The predicted molar refractivity (Wildman–Crippen MR) is 93.6 cm³/mol. The van der Waals surface area contributed by atoms with Crippen LogP contribution in [-0.4, -0.2) is 30.9 Å². The summed E-state index contributed by atoms with van der Waals surface area (Å²) in [7, 11) is 0. The molecule has 0 spiro atoms. The number of hydrogen-bond acceptors (Lipinski definition) is 6. The highest BCUT2D eigenvalue weighted by atomic mass is 16.6. The molecule has 0 N–H and O–H groups in total. The van der Waals surface area contributed by atoms with E-state index in [1.807, 2.05) is 0 Å². The van der Waals surface area contributed by atoms with E-state index in [0.29, 0.717) is 11.3 Å². The summed E-state index contributed by atoms with van der Waals surface area (Å²) in [4.78, 5) is 37.5. The number of benzene rings is 1. The van der Waals surface area contributed by atoms with Crippen molar-refractivity contribution in [1.82, 2.24) is 0 Å². The summed E-state index contributed by atoms with van der Waals surface area (Å²) in [5.74, 6) is -3.38. The van der Waals surface area contributed by atoms with Gasteiger partial charge in [0.15, 0.2) is 11.7 Å². The van der Waals surface area contributed by atoms with Crippen LogP contribution in [0.5, 0.6) is 0 Å². The Bertz CT molecular complexity index is 702. The number of ether oxygens (including phenoxy) is 2. The Morgan fingerprint density at radius 3 is 2.04 bits per heavy atom. The highest BCUT2D eigenvalue weighted by Crippen LogP contribution is 2.32. The van der Waals surface area contributed by atoms with Gasteiger partial charge < -0.3 is 13.9 Å². The maximum atomic E-state index is 12.7. The molecule has 0 radical (unpaired) electrons. The van der Waals surface area contributed by atoms with Crippen LogP contribution in [0.3, 0.4) is 0 Å². The van der Waals surface area contributed by atoms with Gasteiger partial charge >= 0.3 is 11.9 Å². The Kier molecular flexibility index (Phi) is 7.14. The van der Waals surface area contributed by atoms with E-state index < -0.39 is 23.8 Å². The van der Waals surface area contributed by atoms with Crippen LogP contribution < -0.4 is 0 Å². The quantitative estimate of drug-likeness (QED) is 0.388. The summed E-state index contributed by atoms with van der Waals surface area (Å²) in [6.45, 7) is 3.53. The fourth-order valence-corrected chi connectivity index (χ4v) is 2.72. The van der Waals surface area contributed by atoms with Crippen molar-refractivity contribution in [2.24, 2.45) is 5.92 Å². The van der Waals surface area contributed by atoms with E-state index in [1.54, 1.807) is 56.3 Å². The minimum atomic E-state index is -1.27. The van der Waals surface area contributed by atoms with Gasteiger partial charge in [0, 0.05) is 17.9 Å². The first-order chi connectivity index (χ1) is 12.6. The second-order valence-corrected chi connectivity index (χ2v) is 5.60. The lowest BCUT2D eigenvalue weighted by Crippen LogP contribution is -2.34. The van der Waals surface area contributed by atoms with E-state index in [9.17, 15) is 14.4 Å². The molecule has 1 aromatic heterocycles. The van der Waals surface area contributed by atoms with Gasteiger partial charge in [-0.15, -0.1) is 0 Å². The zero-order valence-electron chi connectivity index (χ0n) is 14.8. The van der Waals surface area contributed by atoms with Crippen molar-refractivity contribution in [1.29, 1.82) is 0 Å². The Morgan fingerprint density at radius 2 is 1.54 bits per heavy atom. The molecule has 0 aliphatic heterocycles. The summed E-state index contributed by atoms with van der Waals surface area (Å²) in [6, 6.07) is 12.0. The van der Waals surface area contributed by atoms with Gasteiger partial charge in [-0.25, -0.2) is 0 Å². The number of hydrogen-bond donors (Lipinski definition) is 0. The lowest BCUT2D eigenvalue weighted by atomic mass is 9.84. The molecule has 0 amide bonds. The summed E-state index contributed by atoms with van der Waals surface area (Å²) >= 11 is 0. The minimum Gasteiger partial charge on any atom is -0.469 e. The number of esters is 2. The molecule has 6 heteroatoms. The molecule has 2 aromatic rings. The van der Waals surface area contributed by atoms with Crippen molar-refractivity contribution in [3.63, 3.8) is 0 Å². The second kappa shape index (κ2) is 9.56. The van der Waals surface area contributed by atoms with Gasteiger partial charge in [0.2, 0.25) is 0 Å². The normalized spacial score (nSPS) is 11.8. The molecular formula is C20H22O6. The molecule has 0 aliphatic carbocycles. The van der Waals surface area contributed by atoms with Gasteiger partial charge in [0.05, 0.1) is 19.5 Å². The third-order valence-corrected chi connectivity index (χ3v) is 3.89. The molecule has 0 unspecified atom stereocenters. The maximum Gasteiger partial charge on any atom is 0.321 e. The molecule has 138 valence electrons. The molecule has 1 heterocycles. The minimum absolute atomic E-state index is 0.0835. The predicted octanol–water partition coefficient (Wildman–Crippen LogP) is 3.38. The highest BCUT2D eigenvalue weighted by Gasteiger charge is 2.41. The van der Waals surface area contributed by atoms with Gasteiger partial charge in [-0.2, -0.15) is 0 Å². The van der Waals surface area contributed by atoms with E-state index in [0.717, 1.165) is 0 Å². The average molecular weight is 358 g/mol. The molecule has 1 aromatic carbocycles. The Hall–Kier alpha value is -2.89. The van der Waals surface area contributed by atoms with Crippen molar-refractivity contribution in [3.8, 4) is 0 Å². The molecule has 6 nitrogen and oxygen atoms in total. The molecule has 26 heavy (non-hydrogen) atoms. The zero-order chi connectivity index (χ0) is 18.9. The summed E-state index contributed by atoms with van der Waals surface area (Å²) in [5.41, 5.74) is 0.496. The van der Waals surface area contributed by atoms with Crippen LogP contribution in [0.2, 0.25) is 0 Å². The molecule has 0 saturated carbocycles. The fourth-order valence-electron chi connectivity index (χ4n) is 2.72. The average Bonchev–Trinajstić information content (AvgIpc) is 3.17. The Labute approximate surface area is 152 Å². The Balaban J connectivity index is 2.35. The number of carbonyl (C=O) groups is 3. The zero-order valence-corrected chi connectivity index (χ0v) is 14.8. The first kappa shape index (κ1) is 19.4. The van der Waals surface area contributed by atoms with Gasteiger partial charge in [0.1, 0.15) is 5.76 Å². The van der Waals surface area contributed by atoms with Gasteiger partial charge in [-0.1, -0.05) is 30.3 Å². The van der Waals surface area contributed by atoms with E-state index in [4.69, 9.17) is 13.9 Å². The fraction of sp³-hybridized carbons (Fsp3) is 0.350. The van der Waals surface area contributed by atoms with Crippen LogP contribution in [0, 0.1) is 5.92 Å². The van der Waals surface area contributed by atoms with Crippen LogP contribution in [0.1, 0.15) is 42.3 Å². The highest BCUT2D eigenvalue weighted by molar-refractivity contribution is 6.00. The number of ketones is 1. The van der Waals surface area contributed by atoms with Crippen molar-refractivity contribution in [2.45, 2.75) is 26.2 Å². The third kappa shape index (κ3) is 4.81. The largest absolute Gasteiger partial charge is 0.469 e. The Morgan fingerprint density at radius 1 is 0.923 bits per heavy atom. The first-order valence-corrected chi connectivity index (χ1v) is 8.53. The standard InChI is InChI=1S/C20H22O6/c1-3-24-19(22)18(20(23)25-4-2)15(17-11-8-12-26-17)13-16(21)14-9-6-5-7-10-14/h5-12,15,18H,3-4,13H2,1-2H3/t15-/m0/s1. The summed E-state index contributed by atoms with van der Waals surface area (Å²) < 4.78 is 15.5. The second-order valence-electron chi connectivity index (χ2n) is 5.60. The van der Waals surface area contributed by atoms with Crippen LogP contribution in [0.25, 0.3) is 0 Å². The number of carbonyl (C=O) groups excluding carboxylic acids is 3. The molecule has 2 rings (SSSR count). The van der Waals surface area contributed by atoms with E-state index in [2.05, 4.69) is 0 Å². The van der Waals surface area contributed by atoms with Crippen LogP contribution in [-0.2, 0) is 19.1 Å². The lowest BCUT2D eigenvalue weighted by Gasteiger charge is -2.22. The van der Waals surface area contributed by atoms with Gasteiger partial charge in [-0.05, 0) is 26.0 Å². The van der Waals surface area contributed by atoms with Crippen molar-refractivity contribution in [2.75, 3.05) is 13.2 Å². The molecule has 1 atom stereocenters. The lowest BCUT2D eigenvalue weighted by molar-refractivity contribution is -0.163. The SMILES string of the molecule is CCOC(=O)C(C(=O)OCC)[C@@H](CC(=O)c1ccccc1)c1ccco1. The number of rotatable bonds is 9. The van der Waals surface area contributed by atoms with Crippen LogP contribution in [0.4, 0.5) is 0 Å². The number of furan rings is 1. The third-order valence-electron chi connectivity index (χ3n) is 3.89. The molecule has 0 aliphatic rings. The maximum absolute atomic E-state index is 12.7. The van der Waals surface area contributed by atoms with Crippen LogP contribution in [0.15, 0.2) is 53.1 Å². The topological polar surface area (TPSA) is 82.8 Å². The van der Waals surface area contributed by atoms with Crippen molar-refractivity contribution >= 4 is 17.7 Å². The van der Waals surface area contributed by atoms with Crippen molar-refractivity contribution < 1.29 is 28.3 Å². The number of Topliss-reactive ketones (excluding diaryl/α,β-unsaturated/α-hetero) is 1. The molecule has 0 saturated heterocycles. The van der Waals surface area contributed by atoms with E-state index in [-0.39, 0.29) is 25.4 Å². The van der Waals surface area contributed by atoms with Gasteiger partial charge in [0.25, 0.3) is 0 Å². The van der Waals surface area contributed by atoms with Crippen LogP contribution >= 0.6 is 0 Å². The molecule has 0 bridgehead atoms. The smallest absolute Gasteiger partial charge is 0.321 e. The summed E-state index contributed by atoms with van der Waals surface area (Å²) in [6.07, 6.45) is 1.35. The van der Waals surface area contributed by atoms with E-state index >= 15 is 0 Å². The van der Waals surface area contributed by atoms with Crippen molar-refractivity contribution in [3.05, 3.63) is 60.1 Å². The summed E-state index contributed by atoms with van der Waals surface area (Å²) in [5, 5.41) is 0. The molecule has 0 fully saturated rings.